The molecular weight excluding hydrogens is 322 g/mol. The molecule has 6 nitrogen and oxygen atoms in total. The average molecular weight is 347 g/mol. The fraction of sp³-hybridized carbons (Fsp3) is 0.316. The van der Waals surface area contributed by atoms with E-state index in [4.69, 9.17) is 18.9 Å². The number of nitrogens with one attached hydrogen (secondary N) is 1. The molecule has 136 valence electrons. The summed E-state index contributed by atoms with van der Waals surface area (Å²) in [6, 6.07) is 10.8. The normalized spacial score (nSPS) is 9.48. The summed E-state index contributed by atoms with van der Waals surface area (Å²) in [4.78, 5) is 10.5. The van der Waals surface area contributed by atoms with Crippen molar-refractivity contribution in [3.05, 3.63) is 47.5 Å². The quantitative estimate of drug-likeness (QED) is 0.777. The summed E-state index contributed by atoms with van der Waals surface area (Å²) in [6.45, 7) is 0.799. The Hall–Kier alpha value is -2.73. The smallest absolute Gasteiger partial charge is 0.153 e. The Morgan fingerprint density at radius 2 is 1.40 bits per heavy atom. The Balaban J connectivity index is 0.000000251. The van der Waals surface area contributed by atoms with Crippen LogP contribution in [0.25, 0.3) is 0 Å². The fourth-order valence-corrected chi connectivity index (χ4v) is 2.10. The third-order valence-electron chi connectivity index (χ3n) is 3.43. The van der Waals surface area contributed by atoms with Crippen molar-refractivity contribution in [2.45, 2.75) is 6.54 Å². The van der Waals surface area contributed by atoms with Gasteiger partial charge in [-0.15, -0.1) is 0 Å². The van der Waals surface area contributed by atoms with Crippen LogP contribution >= 0.6 is 0 Å². The number of aldehydes is 1. The van der Waals surface area contributed by atoms with Gasteiger partial charge in [-0.1, -0.05) is 6.07 Å². The maximum absolute atomic E-state index is 10.5. The maximum atomic E-state index is 10.5. The van der Waals surface area contributed by atoms with E-state index >= 15 is 0 Å². The second-order valence-corrected chi connectivity index (χ2v) is 4.93. The molecule has 2 aromatic rings. The molecule has 2 aromatic carbocycles. The standard InChI is InChI=1S/C10H15NO2.C9H10O3/c1-11-7-8-4-5-9(12-2)6-10(8)13-3;1-11-8-4-3-7(6-10)9(5-8)12-2/h4-6,11H,7H2,1-3H3;3-6H,1-2H3. The van der Waals surface area contributed by atoms with Crippen LogP contribution in [0.4, 0.5) is 0 Å². The molecular formula is C19H25NO5. The molecule has 0 atom stereocenters. The molecule has 0 amide bonds. The number of hydrogen-bond acceptors (Lipinski definition) is 6. The summed E-state index contributed by atoms with van der Waals surface area (Å²) >= 11 is 0. The highest BCUT2D eigenvalue weighted by atomic mass is 16.5. The molecule has 0 saturated carbocycles. The number of carbonyl (C=O) groups is 1. The minimum atomic E-state index is 0.526. The number of rotatable bonds is 7. The minimum Gasteiger partial charge on any atom is -0.497 e. The summed E-state index contributed by atoms with van der Waals surface area (Å²) in [6.07, 6.45) is 0.748. The highest BCUT2D eigenvalue weighted by molar-refractivity contribution is 5.79. The van der Waals surface area contributed by atoms with Gasteiger partial charge in [0, 0.05) is 24.2 Å². The van der Waals surface area contributed by atoms with E-state index in [0.29, 0.717) is 17.1 Å². The van der Waals surface area contributed by atoms with Crippen LogP contribution in [0.5, 0.6) is 23.0 Å². The molecule has 0 bridgehead atoms. The van der Waals surface area contributed by atoms with Crippen molar-refractivity contribution in [3.63, 3.8) is 0 Å². The molecule has 0 radical (unpaired) electrons. The highest BCUT2D eigenvalue weighted by Crippen LogP contribution is 2.24. The summed E-state index contributed by atoms with van der Waals surface area (Å²) in [5.41, 5.74) is 1.66. The molecule has 25 heavy (non-hydrogen) atoms. The van der Waals surface area contributed by atoms with Gasteiger partial charge in [-0.25, -0.2) is 0 Å². The van der Waals surface area contributed by atoms with Gasteiger partial charge in [0.05, 0.1) is 34.0 Å². The Labute approximate surface area is 148 Å². The van der Waals surface area contributed by atoms with Crippen molar-refractivity contribution in [1.82, 2.24) is 5.32 Å². The number of ether oxygens (including phenoxy) is 4. The lowest BCUT2D eigenvalue weighted by molar-refractivity contribution is 0.112. The van der Waals surface area contributed by atoms with E-state index in [2.05, 4.69) is 5.32 Å². The Bertz CT molecular complexity index is 673. The minimum absolute atomic E-state index is 0.526. The van der Waals surface area contributed by atoms with Crippen LogP contribution in [0.1, 0.15) is 15.9 Å². The number of hydrogen-bond donors (Lipinski definition) is 1. The largest absolute Gasteiger partial charge is 0.497 e. The zero-order valence-corrected chi connectivity index (χ0v) is 15.3. The molecule has 0 heterocycles. The predicted molar refractivity (Wildman–Crippen MR) is 97.2 cm³/mol. The zero-order chi connectivity index (χ0) is 18.7. The van der Waals surface area contributed by atoms with E-state index < -0.39 is 0 Å². The van der Waals surface area contributed by atoms with Gasteiger partial charge in [-0.05, 0) is 25.2 Å². The molecule has 0 spiro atoms. The summed E-state index contributed by atoms with van der Waals surface area (Å²) in [7, 11) is 8.29. The van der Waals surface area contributed by atoms with Crippen LogP contribution in [0.15, 0.2) is 36.4 Å². The Morgan fingerprint density at radius 3 is 1.88 bits per heavy atom. The molecule has 2 rings (SSSR count). The van der Waals surface area contributed by atoms with E-state index in [1.807, 2.05) is 25.2 Å². The van der Waals surface area contributed by atoms with E-state index in [0.717, 1.165) is 29.9 Å². The van der Waals surface area contributed by atoms with Crippen LogP contribution in [0.2, 0.25) is 0 Å². The monoisotopic (exact) mass is 347 g/mol. The lowest BCUT2D eigenvalue weighted by Gasteiger charge is -2.09. The van der Waals surface area contributed by atoms with Crippen molar-refractivity contribution < 1.29 is 23.7 Å². The third-order valence-corrected chi connectivity index (χ3v) is 3.43. The predicted octanol–water partition coefficient (Wildman–Crippen LogP) is 2.94. The first kappa shape index (κ1) is 20.3. The van der Waals surface area contributed by atoms with Crippen LogP contribution in [-0.2, 0) is 6.54 Å². The van der Waals surface area contributed by atoms with E-state index in [1.165, 1.54) is 7.11 Å². The van der Waals surface area contributed by atoms with Gasteiger partial charge < -0.3 is 24.3 Å². The van der Waals surface area contributed by atoms with Crippen molar-refractivity contribution in [1.29, 1.82) is 0 Å². The van der Waals surface area contributed by atoms with Crippen molar-refractivity contribution in [3.8, 4) is 23.0 Å². The zero-order valence-electron chi connectivity index (χ0n) is 15.3. The van der Waals surface area contributed by atoms with Crippen molar-refractivity contribution in [2.75, 3.05) is 35.5 Å². The second kappa shape index (κ2) is 10.9. The molecule has 0 aliphatic rings. The number of carbonyl (C=O) groups excluding carboxylic acids is 1. The number of benzene rings is 2. The van der Waals surface area contributed by atoms with E-state index in [-0.39, 0.29) is 0 Å². The van der Waals surface area contributed by atoms with Gasteiger partial charge in [0.2, 0.25) is 0 Å². The lowest BCUT2D eigenvalue weighted by Crippen LogP contribution is -2.06. The van der Waals surface area contributed by atoms with E-state index in [1.54, 1.807) is 39.5 Å². The fourth-order valence-electron chi connectivity index (χ4n) is 2.10. The second-order valence-electron chi connectivity index (χ2n) is 4.93. The van der Waals surface area contributed by atoms with E-state index in [9.17, 15) is 4.79 Å². The first-order valence-corrected chi connectivity index (χ1v) is 7.66. The SMILES string of the molecule is CNCc1ccc(OC)cc1OC.COc1ccc(C=O)c(OC)c1. The Morgan fingerprint density at radius 1 is 0.840 bits per heavy atom. The van der Waals surface area contributed by atoms with Crippen LogP contribution < -0.4 is 24.3 Å². The highest BCUT2D eigenvalue weighted by Gasteiger charge is 2.03. The number of methoxy groups -OCH3 is 4. The molecule has 0 unspecified atom stereocenters. The third kappa shape index (κ3) is 6.00. The van der Waals surface area contributed by atoms with Gasteiger partial charge in [0.15, 0.2) is 6.29 Å². The van der Waals surface area contributed by atoms with Gasteiger partial charge in [0.25, 0.3) is 0 Å². The van der Waals surface area contributed by atoms with Crippen molar-refractivity contribution in [2.24, 2.45) is 0 Å². The maximum Gasteiger partial charge on any atom is 0.153 e. The molecule has 6 heteroatoms. The molecule has 0 aromatic heterocycles. The molecule has 0 fully saturated rings. The summed E-state index contributed by atoms with van der Waals surface area (Å²) < 4.78 is 20.2. The summed E-state index contributed by atoms with van der Waals surface area (Å²) in [5.74, 6) is 2.88. The molecule has 1 N–H and O–H groups in total. The molecule has 0 aliphatic heterocycles. The topological polar surface area (TPSA) is 66.0 Å². The first-order valence-electron chi connectivity index (χ1n) is 7.66. The average Bonchev–Trinajstić information content (AvgIpc) is 2.68. The van der Waals surface area contributed by atoms with Crippen LogP contribution in [-0.4, -0.2) is 41.8 Å². The van der Waals surface area contributed by atoms with Gasteiger partial charge >= 0.3 is 0 Å². The van der Waals surface area contributed by atoms with Crippen LogP contribution in [0.3, 0.4) is 0 Å². The summed E-state index contributed by atoms with van der Waals surface area (Å²) in [5, 5.41) is 3.08. The van der Waals surface area contributed by atoms with Gasteiger partial charge in [-0.2, -0.15) is 0 Å². The Kier molecular flexibility index (Phi) is 8.89. The first-order chi connectivity index (χ1) is 12.1. The lowest BCUT2D eigenvalue weighted by atomic mass is 10.2. The molecule has 0 saturated heterocycles. The molecule has 0 aliphatic carbocycles. The van der Waals surface area contributed by atoms with Gasteiger partial charge in [0.1, 0.15) is 23.0 Å². The van der Waals surface area contributed by atoms with Crippen LogP contribution in [0, 0.1) is 0 Å². The van der Waals surface area contributed by atoms with Gasteiger partial charge in [-0.3, -0.25) is 4.79 Å². The van der Waals surface area contributed by atoms with Crippen molar-refractivity contribution >= 4 is 6.29 Å².